The number of sulfonamides is 1. The molecule has 1 amide bonds. The summed E-state index contributed by atoms with van der Waals surface area (Å²) >= 11 is 0. The van der Waals surface area contributed by atoms with Gasteiger partial charge in [0.05, 0.1) is 4.90 Å². The van der Waals surface area contributed by atoms with Gasteiger partial charge in [-0.1, -0.05) is 35.9 Å². The highest BCUT2D eigenvalue weighted by molar-refractivity contribution is 7.92. The topological polar surface area (TPSA) is 78.9 Å². The van der Waals surface area contributed by atoms with Crippen LogP contribution < -0.4 is 14.4 Å². The second-order valence-electron chi connectivity index (χ2n) is 8.39. The molecule has 0 radical (unpaired) electrons. The van der Waals surface area contributed by atoms with Gasteiger partial charge in [0.15, 0.2) is 6.61 Å². The fraction of sp³-hybridized carbons (Fsp3) is 0.269. The lowest BCUT2D eigenvalue weighted by Crippen LogP contribution is -2.50. The summed E-state index contributed by atoms with van der Waals surface area (Å²) in [6, 6.07) is 21.9. The van der Waals surface area contributed by atoms with Gasteiger partial charge in [-0.3, -0.25) is 9.52 Å². The average Bonchev–Trinajstić information content (AvgIpc) is 2.85. The SMILES string of the molecule is Cc1ccc(NS(=O)(=O)c2ccc(OCC(=O)N3CCN(c4ccccc4)CC3)c(C)c2)cc1. The second kappa shape index (κ2) is 10.2. The molecule has 7 nitrogen and oxygen atoms in total. The number of ether oxygens (including phenoxy) is 1. The molecule has 0 aromatic heterocycles. The highest BCUT2D eigenvalue weighted by Gasteiger charge is 2.22. The molecular formula is C26H29N3O4S. The van der Waals surface area contributed by atoms with Crippen molar-refractivity contribution in [1.29, 1.82) is 0 Å². The van der Waals surface area contributed by atoms with Crippen molar-refractivity contribution in [2.45, 2.75) is 18.7 Å². The number of anilines is 2. The lowest BCUT2D eigenvalue weighted by molar-refractivity contribution is -0.133. The fourth-order valence-electron chi connectivity index (χ4n) is 3.87. The molecule has 1 N–H and O–H groups in total. The minimum atomic E-state index is -3.73. The van der Waals surface area contributed by atoms with E-state index >= 15 is 0 Å². The van der Waals surface area contributed by atoms with Crippen LogP contribution in [0.4, 0.5) is 11.4 Å². The van der Waals surface area contributed by atoms with Crippen LogP contribution in [0.5, 0.6) is 5.75 Å². The van der Waals surface area contributed by atoms with Crippen molar-refractivity contribution in [3.05, 3.63) is 83.9 Å². The van der Waals surface area contributed by atoms with Crippen LogP contribution in [-0.4, -0.2) is 52.0 Å². The largest absolute Gasteiger partial charge is 0.483 e. The number of para-hydroxylation sites is 1. The molecule has 0 atom stereocenters. The molecule has 1 saturated heterocycles. The zero-order chi connectivity index (χ0) is 24.1. The molecule has 0 spiro atoms. The van der Waals surface area contributed by atoms with Gasteiger partial charge in [-0.15, -0.1) is 0 Å². The van der Waals surface area contributed by atoms with Crippen LogP contribution in [0.25, 0.3) is 0 Å². The van der Waals surface area contributed by atoms with Gasteiger partial charge in [-0.25, -0.2) is 8.42 Å². The van der Waals surface area contributed by atoms with Crippen molar-refractivity contribution in [3.63, 3.8) is 0 Å². The quantitative estimate of drug-likeness (QED) is 0.557. The molecule has 3 aromatic carbocycles. The standard InChI is InChI=1S/C26H29N3O4S/c1-20-8-10-22(11-9-20)27-34(31,32)24-12-13-25(21(2)18-24)33-19-26(30)29-16-14-28(15-17-29)23-6-4-3-5-7-23/h3-13,18,27H,14-17,19H2,1-2H3. The summed E-state index contributed by atoms with van der Waals surface area (Å²) in [6.07, 6.45) is 0. The van der Waals surface area contributed by atoms with E-state index in [2.05, 4.69) is 21.8 Å². The highest BCUT2D eigenvalue weighted by atomic mass is 32.2. The summed E-state index contributed by atoms with van der Waals surface area (Å²) in [6.45, 7) is 6.44. The van der Waals surface area contributed by atoms with Crippen molar-refractivity contribution in [2.75, 3.05) is 42.4 Å². The molecule has 1 fully saturated rings. The normalized spacial score (nSPS) is 14.1. The minimum absolute atomic E-state index is 0.0788. The number of benzene rings is 3. The van der Waals surface area contributed by atoms with E-state index in [1.165, 1.54) is 6.07 Å². The van der Waals surface area contributed by atoms with Crippen LogP contribution in [0, 0.1) is 13.8 Å². The Morgan fingerprint density at radius 1 is 0.912 bits per heavy atom. The van der Waals surface area contributed by atoms with Crippen LogP contribution in [0.2, 0.25) is 0 Å². The van der Waals surface area contributed by atoms with Crippen LogP contribution in [0.15, 0.2) is 77.7 Å². The zero-order valence-electron chi connectivity index (χ0n) is 19.4. The first-order chi connectivity index (χ1) is 16.3. The van der Waals surface area contributed by atoms with Crippen molar-refractivity contribution in [3.8, 4) is 5.75 Å². The molecule has 1 aliphatic rings. The number of aryl methyl sites for hydroxylation is 2. The summed E-state index contributed by atoms with van der Waals surface area (Å²) in [4.78, 5) is 16.9. The first-order valence-corrected chi connectivity index (χ1v) is 12.7. The molecular weight excluding hydrogens is 450 g/mol. The number of hydrogen-bond acceptors (Lipinski definition) is 5. The first-order valence-electron chi connectivity index (χ1n) is 11.2. The number of carbonyl (C=O) groups excluding carboxylic acids is 1. The minimum Gasteiger partial charge on any atom is -0.483 e. The summed E-state index contributed by atoms with van der Waals surface area (Å²) < 4.78 is 33.8. The molecule has 3 aromatic rings. The highest BCUT2D eigenvalue weighted by Crippen LogP contribution is 2.24. The smallest absolute Gasteiger partial charge is 0.261 e. The van der Waals surface area contributed by atoms with Crippen molar-refractivity contribution in [1.82, 2.24) is 4.90 Å². The van der Waals surface area contributed by atoms with Crippen LogP contribution in [0.1, 0.15) is 11.1 Å². The van der Waals surface area contributed by atoms with E-state index in [0.717, 1.165) is 24.3 Å². The number of amides is 1. The predicted octanol–water partition coefficient (Wildman–Crippen LogP) is 3.83. The monoisotopic (exact) mass is 479 g/mol. The Morgan fingerprint density at radius 2 is 1.59 bits per heavy atom. The number of nitrogens with zero attached hydrogens (tertiary/aromatic N) is 2. The Balaban J connectivity index is 1.32. The molecule has 178 valence electrons. The number of rotatable bonds is 7. The van der Waals surface area contributed by atoms with Crippen LogP contribution in [0.3, 0.4) is 0 Å². The third-order valence-corrected chi connectivity index (χ3v) is 7.24. The Morgan fingerprint density at radius 3 is 2.24 bits per heavy atom. The summed E-state index contributed by atoms with van der Waals surface area (Å²) in [5, 5.41) is 0. The number of piperazine rings is 1. The van der Waals surface area contributed by atoms with Gasteiger partial charge in [0.2, 0.25) is 0 Å². The molecule has 0 saturated carbocycles. The van der Waals surface area contributed by atoms with Gasteiger partial charge in [-0.2, -0.15) is 0 Å². The summed E-state index contributed by atoms with van der Waals surface area (Å²) in [5.41, 5.74) is 3.36. The molecule has 4 rings (SSSR count). The second-order valence-corrected chi connectivity index (χ2v) is 10.1. The molecule has 8 heteroatoms. The Hall–Kier alpha value is -3.52. The van der Waals surface area contributed by atoms with Gasteiger partial charge in [-0.05, 0) is 61.9 Å². The zero-order valence-corrected chi connectivity index (χ0v) is 20.2. The van der Waals surface area contributed by atoms with Crippen molar-refractivity contribution in [2.24, 2.45) is 0 Å². The van der Waals surface area contributed by atoms with Crippen molar-refractivity contribution < 1.29 is 17.9 Å². The molecule has 1 heterocycles. The molecule has 1 aliphatic heterocycles. The molecule has 0 bridgehead atoms. The third-order valence-electron chi connectivity index (χ3n) is 5.87. The maximum atomic E-state index is 12.7. The van der Waals surface area contributed by atoms with E-state index in [4.69, 9.17) is 4.74 Å². The lowest BCUT2D eigenvalue weighted by atomic mass is 10.2. The average molecular weight is 480 g/mol. The Kier molecular flexibility index (Phi) is 7.07. The van der Waals surface area contributed by atoms with E-state index in [0.29, 0.717) is 30.1 Å². The lowest BCUT2D eigenvalue weighted by Gasteiger charge is -2.36. The van der Waals surface area contributed by atoms with Gasteiger partial charge < -0.3 is 14.5 Å². The maximum absolute atomic E-state index is 12.7. The summed E-state index contributed by atoms with van der Waals surface area (Å²) in [5.74, 6) is 0.412. The fourth-order valence-corrected chi connectivity index (χ4v) is 5.01. The van der Waals surface area contributed by atoms with E-state index in [-0.39, 0.29) is 17.4 Å². The van der Waals surface area contributed by atoms with E-state index in [9.17, 15) is 13.2 Å². The number of hydrogen-bond donors (Lipinski definition) is 1. The van der Waals surface area contributed by atoms with Gasteiger partial charge >= 0.3 is 0 Å². The van der Waals surface area contributed by atoms with E-state index in [1.54, 1.807) is 36.1 Å². The number of nitrogens with one attached hydrogen (secondary N) is 1. The van der Waals surface area contributed by atoms with E-state index in [1.807, 2.05) is 37.3 Å². The Bertz CT molecular complexity index is 1240. The first kappa shape index (κ1) is 23.6. The third kappa shape index (κ3) is 5.69. The van der Waals surface area contributed by atoms with Crippen molar-refractivity contribution >= 4 is 27.3 Å². The van der Waals surface area contributed by atoms with Gasteiger partial charge in [0.25, 0.3) is 15.9 Å². The van der Waals surface area contributed by atoms with E-state index < -0.39 is 10.0 Å². The molecule has 34 heavy (non-hydrogen) atoms. The maximum Gasteiger partial charge on any atom is 0.261 e. The van der Waals surface area contributed by atoms with Gasteiger partial charge in [0, 0.05) is 37.6 Å². The van der Waals surface area contributed by atoms with Crippen LogP contribution >= 0.6 is 0 Å². The Labute approximate surface area is 201 Å². The number of carbonyl (C=O) groups is 1. The summed E-state index contributed by atoms with van der Waals surface area (Å²) in [7, 11) is -3.73. The predicted molar refractivity (Wildman–Crippen MR) is 134 cm³/mol. The molecule has 0 unspecified atom stereocenters. The molecule has 0 aliphatic carbocycles. The van der Waals surface area contributed by atoms with Crippen LogP contribution in [-0.2, 0) is 14.8 Å². The van der Waals surface area contributed by atoms with Gasteiger partial charge in [0.1, 0.15) is 5.75 Å².